The molecule has 25 heavy (non-hydrogen) atoms. The molecular formula is C18H26ClFN2O3. The normalized spacial score (nSPS) is 27.8. The molecular weight excluding hydrogens is 347 g/mol. The van der Waals surface area contributed by atoms with Crippen molar-refractivity contribution in [3.8, 4) is 11.5 Å². The molecule has 5 nitrogen and oxygen atoms in total. The number of methoxy groups -OCH3 is 2. The van der Waals surface area contributed by atoms with Gasteiger partial charge in [-0.15, -0.1) is 12.4 Å². The third-order valence-electron chi connectivity index (χ3n) is 5.52. The Morgan fingerprint density at radius 2 is 1.76 bits per heavy atom. The Labute approximate surface area is 153 Å². The Balaban J connectivity index is 0.00000225. The monoisotopic (exact) mass is 372 g/mol. The number of benzene rings is 1. The lowest BCUT2D eigenvalue weighted by Gasteiger charge is -2.43. The van der Waals surface area contributed by atoms with Crippen LogP contribution in [0.25, 0.3) is 0 Å². The summed E-state index contributed by atoms with van der Waals surface area (Å²) in [5, 5.41) is 2.83. The van der Waals surface area contributed by atoms with E-state index in [4.69, 9.17) is 15.2 Å². The van der Waals surface area contributed by atoms with Gasteiger partial charge in [0.05, 0.1) is 19.9 Å². The standard InChI is InChI=1S/C18H25FN2O3.ClH/c1-23-15-9-16(24-2)14(8-13(15)19)21-18(22)12-6-10-4-3-5-11(7-12)17(10)20;/h8-12,17H,3-7,20H2,1-2H3,(H,21,22);1H. The Morgan fingerprint density at radius 3 is 2.32 bits per heavy atom. The molecule has 0 heterocycles. The first kappa shape index (κ1) is 19.8. The molecule has 2 unspecified atom stereocenters. The first-order valence-corrected chi connectivity index (χ1v) is 8.51. The van der Waals surface area contributed by atoms with Crippen LogP contribution in [0.4, 0.5) is 10.1 Å². The van der Waals surface area contributed by atoms with Gasteiger partial charge in [0.1, 0.15) is 5.75 Å². The molecule has 1 aromatic rings. The van der Waals surface area contributed by atoms with Crippen LogP contribution in [0.2, 0.25) is 0 Å². The van der Waals surface area contributed by atoms with Crippen LogP contribution in [0.1, 0.15) is 32.1 Å². The number of hydrogen-bond donors (Lipinski definition) is 2. The van der Waals surface area contributed by atoms with Gasteiger partial charge >= 0.3 is 0 Å². The first-order valence-electron chi connectivity index (χ1n) is 8.51. The number of carbonyl (C=O) groups excluding carboxylic acids is 1. The van der Waals surface area contributed by atoms with Crippen molar-refractivity contribution in [2.45, 2.75) is 38.1 Å². The number of amides is 1. The molecule has 0 radical (unpaired) electrons. The second-order valence-electron chi connectivity index (χ2n) is 6.87. The van der Waals surface area contributed by atoms with Crippen LogP contribution in [0, 0.1) is 23.6 Å². The van der Waals surface area contributed by atoms with Gasteiger partial charge in [-0.25, -0.2) is 4.39 Å². The number of halogens is 2. The average molecular weight is 373 g/mol. The summed E-state index contributed by atoms with van der Waals surface area (Å²) in [5.41, 5.74) is 6.62. The highest BCUT2D eigenvalue weighted by Crippen LogP contribution is 2.42. The van der Waals surface area contributed by atoms with Crippen LogP contribution in [-0.4, -0.2) is 26.2 Å². The van der Waals surface area contributed by atoms with E-state index in [1.807, 2.05) is 0 Å². The van der Waals surface area contributed by atoms with E-state index in [0.717, 1.165) is 25.7 Å². The van der Waals surface area contributed by atoms with Crippen molar-refractivity contribution in [2.24, 2.45) is 23.5 Å². The number of carbonyl (C=O) groups is 1. The fraction of sp³-hybridized carbons (Fsp3) is 0.611. The van der Waals surface area contributed by atoms with Crippen molar-refractivity contribution in [1.29, 1.82) is 0 Å². The molecule has 0 spiro atoms. The van der Waals surface area contributed by atoms with Gasteiger partial charge in [0.2, 0.25) is 5.91 Å². The first-order chi connectivity index (χ1) is 11.5. The molecule has 0 aromatic heterocycles. The van der Waals surface area contributed by atoms with E-state index in [1.54, 1.807) is 0 Å². The van der Waals surface area contributed by atoms with Crippen molar-refractivity contribution < 1.29 is 18.7 Å². The summed E-state index contributed by atoms with van der Waals surface area (Å²) in [6.45, 7) is 0. The molecule has 2 aliphatic rings. The van der Waals surface area contributed by atoms with Crippen LogP contribution < -0.4 is 20.5 Å². The van der Waals surface area contributed by atoms with E-state index in [-0.39, 0.29) is 36.0 Å². The molecule has 2 saturated carbocycles. The quantitative estimate of drug-likeness (QED) is 0.850. The highest BCUT2D eigenvalue weighted by atomic mass is 35.5. The summed E-state index contributed by atoms with van der Waals surface area (Å²) in [4.78, 5) is 12.7. The van der Waals surface area contributed by atoms with Crippen molar-refractivity contribution in [2.75, 3.05) is 19.5 Å². The summed E-state index contributed by atoms with van der Waals surface area (Å²) in [6.07, 6.45) is 5.02. The van der Waals surface area contributed by atoms with E-state index in [1.165, 1.54) is 32.8 Å². The van der Waals surface area contributed by atoms with E-state index in [2.05, 4.69) is 5.32 Å². The van der Waals surface area contributed by atoms with E-state index < -0.39 is 5.82 Å². The zero-order valence-electron chi connectivity index (χ0n) is 14.6. The maximum Gasteiger partial charge on any atom is 0.227 e. The van der Waals surface area contributed by atoms with Crippen molar-refractivity contribution in [3.63, 3.8) is 0 Å². The van der Waals surface area contributed by atoms with Gasteiger partial charge in [-0.2, -0.15) is 0 Å². The minimum absolute atomic E-state index is 0. The second kappa shape index (κ2) is 8.23. The number of anilines is 1. The number of ether oxygens (including phenoxy) is 2. The molecule has 1 aromatic carbocycles. The zero-order chi connectivity index (χ0) is 17.3. The summed E-state index contributed by atoms with van der Waals surface area (Å²) in [5.74, 6) is 0.621. The predicted molar refractivity (Wildman–Crippen MR) is 96.9 cm³/mol. The molecule has 3 rings (SSSR count). The third kappa shape index (κ3) is 4.01. The minimum atomic E-state index is -0.531. The number of rotatable bonds is 4. The SMILES string of the molecule is COc1cc(OC)c(NC(=O)C2CC3CCCC(C2)C3N)cc1F.Cl. The topological polar surface area (TPSA) is 73.6 Å². The fourth-order valence-corrected chi connectivity index (χ4v) is 4.20. The average Bonchev–Trinajstić information content (AvgIpc) is 2.54. The molecule has 2 aliphatic carbocycles. The molecule has 2 fully saturated rings. The summed E-state index contributed by atoms with van der Waals surface area (Å²) >= 11 is 0. The lowest BCUT2D eigenvalue weighted by molar-refractivity contribution is -0.122. The number of nitrogens with one attached hydrogen (secondary N) is 1. The largest absolute Gasteiger partial charge is 0.494 e. The highest BCUT2D eigenvalue weighted by molar-refractivity contribution is 5.94. The van der Waals surface area contributed by atoms with Gasteiger partial charge in [0.25, 0.3) is 0 Å². The maximum atomic E-state index is 14.0. The van der Waals surface area contributed by atoms with Crippen LogP contribution in [0.5, 0.6) is 11.5 Å². The molecule has 1 amide bonds. The molecule has 0 aliphatic heterocycles. The van der Waals surface area contributed by atoms with Gasteiger partial charge < -0.3 is 20.5 Å². The van der Waals surface area contributed by atoms with Crippen LogP contribution >= 0.6 is 12.4 Å². The summed E-state index contributed by atoms with van der Waals surface area (Å²) in [6, 6.07) is 2.90. The number of hydrogen-bond acceptors (Lipinski definition) is 4. The molecule has 3 N–H and O–H groups in total. The Hall–Kier alpha value is -1.53. The smallest absolute Gasteiger partial charge is 0.227 e. The van der Waals surface area contributed by atoms with Gasteiger partial charge in [0, 0.05) is 24.1 Å². The van der Waals surface area contributed by atoms with Crippen LogP contribution in [0.3, 0.4) is 0 Å². The van der Waals surface area contributed by atoms with Gasteiger partial charge in [-0.05, 0) is 37.5 Å². The van der Waals surface area contributed by atoms with E-state index in [9.17, 15) is 9.18 Å². The van der Waals surface area contributed by atoms with E-state index in [0.29, 0.717) is 23.3 Å². The number of nitrogens with two attached hydrogens (primary N) is 1. The maximum absolute atomic E-state index is 14.0. The van der Waals surface area contributed by atoms with Crippen molar-refractivity contribution in [1.82, 2.24) is 0 Å². The van der Waals surface area contributed by atoms with E-state index >= 15 is 0 Å². The van der Waals surface area contributed by atoms with Crippen LogP contribution in [-0.2, 0) is 4.79 Å². The summed E-state index contributed by atoms with van der Waals surface area (Å²) < 4.78 is 24.1. The highest BCUT2D eigenvalue weighted by Gasteiger charge is 2.40. The second-order valence-corrected chi connectivity index (χ2v) is 6.87. The zero-order valence-corrected chi connectivity index (χ0v) is 15.4. The Morgan fingerprint density at radius 1 is 1.16 bits per heavy atom. The van der Waals surface area contributed by atoms with Gasteiger partial charge in [0.15, 0.2) is 11.6 Å². The van der Waals surface area contributed by atoms with Crippen molar-refractivity contribution in [3.05, 3.63) is 17.9 Å². The summed E-state index contributed by atoms with van der Waals surface area (Å²) in [7, 11) is 2.87. The lowest BCUT2D eigenvalue weighted by atomic mass is 9.65. The molecule has 140 valence electrons. The van der Waals surface area contributed by atoms with Crippen molar-refractivity contribution >= 4 is 24.0 Å². The molecule has 0 saturated heterocycles. The van der Waals surface area contributed by atoms with Crippen LogP contribution in [0.15, 0.2) is 12.1 Å². The van der Waals surface area contributed by atoms with Gasteiger partial charge in [-0.3, -0.25) is 4.79 Å². The molecule has 2 atom stereocenters. The molecule has 2 bridgehead atoms. The lowest BCUT2D eigenvalue weighted by Crippen LogP contribution is -2.48. The molecule has 7 heteroatoms. The predicted octanol–water partition coefficient (Wildman–Crippen LogP) is 3.36. The third-order valence-corrected chi connectivity index (χ3v) is 5.52. The van der Waals surface area contributed by atoms with Gasteiger partial charge in [-0.1, -0.05) is 6.42 Å². The fourth-order valence-electron chi connectivity index (χ4n) is 4.20. The minimum Gasteiger partial charge on any atom is -0.494 e. The Bertz CT molecular complexity index is 615. The Kier molecular flexibility index (Phi) is 6.52. The number of fused-ring (bicyclic) bond motifs is 2.